The molecular formula is C12H13BrN2O. The van der Waals surface area contributed by atoms with E-state index in [1.165, 1.54) is 18.7 Å². The summed E-state index contributed by atoms with van der Waals surface area (Å²) in [4.78, 5) is 4.63. The van der Waals surface area contributed by atoms with Crippen LogP contribution in [0.1, 0.15) is 31.6 Å². The van der Waals surface area contributed by atoms with E-state index in [1.54, 1.807) is 0 Å². The van der Waals surface area contributed by atoms with Crippen LogP contribution in [0.25, 0.3) is 11.5 Å². The van der Waals surface area contributed by atoms with Gasteiger partial charge in [-0.2, -0.15) is 0 Å². The van der Waals surface area contributed by atoms with Crippen molar-refractivity contribution in [2.24, 2.45) is 0 Å². The van der Waals surface area contributed by atoms with Gasteiger partial charge in [0.05, 0.1) is 0 Å². The van der Waals surface area contributed by atoms with E-state index in [-0.39, 0.29) is 0 Å². The highest BCUT2D eigenvalue weighted by Gasteiger charge is 2.19. The van der Waals surface area contributed by atoms with Gasteiger partial charge in [-0.15, -0.1) is 0 Å². The first-order valence-corrected chi connectivity index (χ1v) is 6.37. The molecule has 3 heterocycles. The van der Waals surface area contributed by atoms with Gasteiger partial charge in [0, 0.05) is 18.7 Å². The number of nitrogens with zero attached hydrogens (tertiary/aromatic N) is 2. The molecule has 3 rings (SSSR count). The second-order valence-corrected chi connectivity index (χ2v) is 5.08. The number of halogens is 1. The molecule has 2 aromatic rings. The number of rotatable bonds is 1. The summed E-state index contributed by atoms with van der Waals surface area (Å²) in [5, 5.41) is 0. The largest absolute Gasteiger partial charge is 0.448 e. The van der Waals surface area contributed by atoms with E-state index >= 15 is 0 Å². The van der Waals surface area contributed by atoms with Crippen LogP contribution in [0, 0.1) is 0 Å². The minimum absolute atomic E-state index is 0.559. The van der Waals surface area contributed by atoms with Gasteiger partial charge in [-0.25, -0.2) is 4.98 Å². The first-order chi connectivity index (χ1) is 7.74. The van der Waals surface area contributed by atoms with Crippen LogP contribution in [0.4, 0.5) is 0 Å². The smallest absolute Gasteiger partial charge is 0.169 e. The van der Waals surface area contributed by atoms with Crippen LogP contribution in [-0.2, 0) is 6.42 Å². The van der Waals surface area contributed by atoms with Crippen molar-refractivity contribution < 1.29 is 4.42 Å². The van der Waals surface area contributed by atoms with E-state index < -0.39 is 0 Å². The number of hydrogen-bond donors (Lipinski definition) is 0. The zero-order valence-corrected chi connectivity index (χ0v) is 10.7. The standard InChI is InChI=1S/C12H13BrN2O/c1-8-3-2-4-12-14-9(7-15(8)12)10-5-6-11(13)16-10/h5-8H,2-4H2,1H3. The Labute approximate surface area is 103 Å². The van der Waals surface area contributed by atoms with E-state index in [2.05, 4.69) is 38.6 Å². The normalized spacial score (nSPS) is 19.8. The maximum Gasteiger partial charge on any atom is 0.169 e. The first kappa shape index (κ1) is 10.1. The highest BCUT2D eigenvalue weighted by Crippen LogP contribution is 2.29. The van der Waals surface area contributed by atoms with Crippen molar-refractivity contribution in [3.8, 4) is 11.5 Å². The van der Waals surface area contributed by atoms with Crippen molar-refractivity contribution in [3.05, 3.63) is 28.8 Å². The third-order valence-corrected chi connectivity index (χ3v) is 3.56. The second-order valence-electron chi connectivity index (χ2n) is 4.29. The molecule has 0 amide bonds. The van der Waals surface area contributed by atoms with Crippen molar-refractivity contribution in [2.75, 3.05) is 0 Å². The monoisotopic (exact) mass is 280 g/mol. The van der Waals surface area contributed by atoms with Crippen molar-refractivity contribution >= 4 is 15.9 Å². The van der Waals surface area contributed by atoms with E-state index in [4.69, 9.17) is 4.42 Å². The molecule has 1 aliphatic rings. The SMILES string of the molecule is CC1CCCc2nc(-c3ccc(Br)o3)cn21. The van der Waals surface area contributed by atoms with E-state index in [9.17, 15) is 0 Å². The maximum absolute atomic E-state index is 5.52. The Morgan fingerprint density at radius 1 is 1.50 bits per heavy atom. The summed E-state index contributed by atoms with van der Waals surface area (Å²) in [5.41, 5.74) is 0.939. The number of furan rings is 1. The lowest BCUT2D eigenvalue weighted by Gasteiger charge is -2.20. The minimum atomic E-state index is 0.559. The lowest BCUT2D eigenvalue weighted by molar-refractivity contribution is 0.426. The summed E-state index contributed by atoms with van der Waals surface area (Å²) in [7, 11) is 0. The average molecular weight is 281 g/mol. The second kappa shape index (κ2) is 3.77. The molecule has 1 unspecified atom stereocenters. The highest BCUT2D eigenvalue weighted by atomic mass is 79.9. The number of hydrogen-bond acceptors (Lipinski definition) is 2. The molecule has 1 aliphatic heterocycles. The molecule has 2 aromatic heterocycles. The van der Waals surface area contributed by atoms with E-state index in [0.29, 0.717) is 6.04 Å². The molecule has 84 valence electrons. The highest BCUT2D eigenvalue weighted by molar-refractivity contribution is 9.10. The van der Waals surface area contributed by atoms with Crippen LogP contribution in [0.2, 0.25) is 0 Å². The Morgan fingerprint density at radius 2 is 2.38 bits per heavy atom. The van der Waals surface area contributed by atoms with Gasteiger partial charge in [0.2, 0.25) is 0 Å². The molecular weight excluding hydrogens is 268 g/mol. The lowest BCUT2D eigenvalue weighted by Crippen LogP contribution is -2.14. The molecule has 0 N–H and O–H groups in total. The zero-order chi connectivity index (χ0) is 11.1. The molecule has 0 spiro atoms. The van der Waals surface area contributed by atoms with Crippen LogP contribution < -0.4 is 0 Å². The van der Waals surface area contributed by atoms with Gasteiger partial charge < -0.3 is 8.98 Å². The summed E-state index contributed by atoms with van der Waals surface area (Å²) in [6.45, 7) is 2.24. The van der Waals surface area contributed by atoms with Crippen LogP contribution in [-0.4, -0.2) is 9.55 Å². The fraction of sp³-hybridized carbons (Fsp3) is 0.417. The topological polar surface area (TPSA) is 31.0 Å². The fourth-order valence-electron chi connectivity index (χ4n) is 2.26. The summed E-state index contributed by atoms with van der Waals surface area (Å²) in [6, 6.07) is 4.41. The van der Waals surface area contributed by atoms with Gasteiger partial charge in [-0.3, -0.25) is 0 Å². The first-order valence-electron chi connectivity index (χ1n) is 5.57. The quantitative estimate of drug-likeness (QED) is 0.796. The average Bonchev–Trinajstić information content (AvgIpc) is 2.84. The van der Waals surface area contributed by atoms with Gasteiger partial charge in [0.1, 0.15) is 11.5 Å². The Balaban J connectivity index is 2.04. The molecule has 0 aliphatic carbocycles. The lowest BCUT2D eigenvalue weighted by atomic mass is 10.1. The summed E-state index contributed by atoms with van der Waals surface area (Å²) < 4.78 is 8.55. The third-order valence-electron chi connectivity index (χ3n) is 3.13. The third kappa shape index (κ3) is 1.61. The van der Waals surface area contributed by atoms with Gasteiger partial charge >= 0.3 is 0 Å². The van der Waals surface area contributed by atoms with Gasteiger partial charge in [0.15, 0.2) is 10.4 Å². The Hall–Kier alpha value is -1.03. The molecule has 3 nitrogen and oxygen atoms in total. The number of fused-ring (bicyclic) bond motifs is 1. The van der Waals surface area contributed by atoms with Crippen LogP contribution in [0.15, 0.2) is 27.4 Å². The van der Waals surface area contributed by atoms with Crippen molar-refractivity contribution in [1.29, 1.82) is 0 Å². The van der Waals surface area contributed by atoms with Crippen molar-refractivity contribution in [2.45, 2.75) is 32.2 Å². The van der Waals surface area contributed by atoms with Gasteiger partial charge in [-0.1, -0.05) is 0 Å². The van der Waals surface area contributed by atoms with Crippen LogP contribution >= 0.6 is 15.9 Å². The van der Waals surface area contributed by atoms with Crippen molar-refractivity contribution in [1.82, 2.24) is 9.55 Å². The Kier molecular flexibility index (Phi) is 2.39. The van der Waals surface area contributed by atoms with Gasteiger partial charge in [0.25, 0.3) is 0 Å². The molecule has 0 aromatic carbocycles. The summed E-state index contributed by atoms with van der Waals surface area (Å²) >= 11 is 3.31. The zero-order valence-electron chi connectivity index (χ0n) is 9.11. The number of aromatic nitrogens is 2. The molecule has 0 saturated heterocycles. The summed E-state index contributed by atoms with van der Waals surface area (Å²) in [5.74, 6) is 2.02. The van der Waals surface area contributed by atoms with Crippen LogP contribution in [0.5, 0.6) is 0 Å². The molecule has 0 bridgehead atoms. The minimum Gasteiger partial charge on any atom is -0.448 e. The molecule has 0 saturated carbocycles. The maximum atomic E-state index is 5.52. The molecule has 16 heavy (non-hydrogen) atoms. The predicted octanol–water partition coefficient (Wildman–Crippen LogP) is 3.80. The predicted molar refractivity (Wildman–Crippen MR) is 65.3 cm³/mol. The molecule has 0 radical (unpaired) electrons. The molecule has 1 atom stereocenters. The van der Waals surface area contributed by atoms with Gasteiger partial charge in [-0.05, 0) is 47.8 Å². The summed E-state index contributed by atoms with van der Waals surface area (Å²) in [6.07, 6.45) is 5.65. The van der Waals surface area contributed by atoms with Crippen molar-refractivity contribution in [3.63, 3.8) is 0 Å². The molecule has 0 fully saturated rings. The van der Waals surface area contributed by atoms with Crippen LogP contribution in [0.3, 0.4) is 0 Å². The number of imidazole rings is 1. The van der Waals surface area contributed by atoms with E-state index in [1.807, 2.05) is 12.1 Å². The number of aryl methyl sites for hydroxylation is 1. The Bertz CT molecular complexity index is 515. The van der Waals surface area contributed by atoms with E-state index in [0.717, 1.165) is 22.5 Å². The molecule has 4 heteroatoms. The Morgan fingerprint density at radius 3 is 3.06 bits per heavy atom. The fourth-order valence-corrected chi connectivity index (χ4v) is 2.57.